The lowest BCUT2D eigenvalue weighted by atomic mass is 10.2. The molecule has 0 radical (unpaired) electrons. The molecule has 1 aliphatic rings. The summed E-state index contributed by atoms with van der Waals surface area (Å²) in [4.78, 5) is 15.6. The number of aromatic nitrogens is 4. The largest absolute Gasteiger partial charge is 0.354 e. The second kappa shape index (κ2) is 8.57. The van der Waals surface area contributed by atoms with E-state index in [4.69, 9.17) is 11.6 Å². The number of benzene rings is 1. The average molecular weight is 461 g/mol. The maximum absolute atomic E-state index is 12.9. The van der Waals surface area contributed by atoms with Crippen LogP contribution in [0.25, 0.3) is 5.82 Å². The van der Waals surface area contributed by atoms with Gasteiger partial charge in [0.25, 0.3) is 0 Å². The molecule has 31 heavy (non-hydrogen) atoms. The van der Waals surface area contributed by atoms with Crippen molar-refractivity contribution in [3.63, 3.8) is 0 Å². The normalized spacial score (nSPS) is 15.4. The number of hydrogen-bond donors (Lipinski definition) is 0. The summed E-state index contributed by atoms with van der Waals surface area (Å²) in [6, 6.07) is 8.85. The highest BCUT2D eigenvalue weighted by Crippen LogP contribution is 2.21. The first-order valence-corrected chi connectivity index (χ1v) is 12.1. The monoisotopic (exact) mass is 460 g/mol. The van der Waals surface area contributed by atoms with E-state index < -0.39 is 10.0 Å². The molecule has 10 heteroatoms. The number of sulfonamides is 1. The maximum atomic E-state index is 12.9. The van der Waals surface area contributed by atoms with Crippen LogP contribution in [0.15, 0.2) is 36.7 Å². The predicted octanol–water partition coefficient (Wildman–Crippen LogP) is 2.89. The molecule has 0 atom stereocenters. The van der Waals surface area contributed by atoms with Crippen molar-refractivity contribution in [1.29, 1.82) is 0 Å². The highest BCUT2D eigenvalue weighted by molar-refractivity contribution is 7.88. The van der Waals surface area contributed by atoms with E-state index in [0.717, 1.165) is 28.6 Å². The number of halogens is 1. The van der Waals surface area contributed by atoms with Gasteiger partial charge < -0.3 is 4.90 Å². The fraction of sp³-hybridized carbons (Fsp3) is 0.381. The zero-order chi connectivity index (χ0) is 22.2. The van der Waals surface area contributed by atoms with Crippen LogP contribution in [0.4, 0.5) is 5.82 Å². The second-order valence-electron chi connectivity index (χ2n) is 7.69. The molecule has 1 aromatic carbocycles. The van der Waals surface area contributed by atoms with E-state index in [9.17, 15) is 8.42 Å². The van der Waals surface area contributed by atoms with Crippen molar-refractivity contribution < 1.29 is 8.42 Å². The molecule has 1 saturated heterocycles. The molecule has 1 fully saturated rings. The van der Waals surface area contributed by atoms with Gasteiger partial charge in [0.15, 0.2) is 0 Å². The molecule has 0 saturated carbocycles. The average Bonchev–Trinajstić information content (AvgIpc) is 3.08. The van der Waals surface area contributed by atoms with Gasteiger partial charge in [-0.2, -0.15) is 4.31 Å². The SMILES string of the molecule is Cc1nc(N2CCN(S(=O)(=O)Cc3ccc(Cl)cc3)CC2)cc(-n2cnc(C)c2C)n1. The Labute approximate surface area is 187 Å². The first-order valence-electron chi connectivity index (χ1n) is 10.1. The van der Waals surface area contributed by atoms with Crippen molar-refractivity contribution in [3.05, 3.63) is 64.5 Å². The van der Waals surface area contributed by atoms with Gasteiger partial charge in [-0.05, 0) is 38.5 Å². The van der Waals surface area contributed by atoms with Gasteiger partial charge in [-0.1, -0.05) is 23.7 Å². The fourth-order valence-electron chi connectivity index (χ4n) is 3.63. The zero-order valence-corrected chi connectivity index (χ0v) is 19.4. The molecule has 0 N–H and O–H groups in total. The highest BCUT2D eigenvalue weighted by atomic mass is 35.5. The van der Waals surface area contributed by atoms with Crippen LogP contribution in [-0.4, -0.2) is 58.4 Å². The Hall–Kier alpha value is -2.49. The van der Waals surface area contributed by atoms with Crippen LogP contribution in [0.1, 0.15) is 22.8 Å². The van der Waals surface area contributed by atoms with Crippen LogP contribution < -0.4 is 4.90 Å². The standard InChI is InChI=1S/C21H25ClN6O2S/c1-15-16(2)28(14-23-15)21-12-20(24-17(3)25-21)26-8-10-27(11-9-26)31(29,30)13-18-4-6-19(22)7-5-18/h4-7,12,14H,8-11,13H2,1-3H3. The van der Waals surface area contributed by atoms with Crippen molar-refractivity contribution in [2.75, 3.05) is 31.1 Å². The Bertz CT molecular complexity index is 1190. The van der Waals surface area contributed by atoms with Crippen LogP contribution in [0.3, 0.4) is 0 Å². The van der Waals surface area contributed by atoms with Crippen molar-refractivity contribution in [2.45, 2.75) is 26.5 Å². The van der Waals surface area contributed by atoms with Crippen LogP contribution in [0, 0.1) is 20.8 Å². The lowest BCUT2D eigenvalue weighted by Gasteiger charge is -2.34. The minimum Gasteiger partial charge on any atom is -0.354 e. The topological polar surface area (TPSA) is 84.2 Å². The van der Waals surface area contributed by atoms with Gasteiger partial charge in [-0.25, -0.2) is 23.4 Å². The maximum Gasteiger partial charge on any atom is 0.218 e. The van der Waals surface area contributed by atoms with Crippen LogP contribution in [0.5, 0.6) is 0 Å². The minimum atomic E-state index is -3.40. The molecule has 4 rings (SSSR count). The summed E-state index contributed by atoms with van der Waals surface area (Å²) in [5.41, 5.74) is 2.72. The number of piperazine rings is 1. The van der Waals surface area contributed by atoms with Crippen LogP contribution >= 0.6 is 11.6 Å². The van der Waals surface area contributed by atoms with Gasteiger partial charge >= 0.3 is 0 Å². The van der Waals surface area contributed by atoms with Gasteiger partial charge in [0, 0.05) is 43.0 Å². The zero-order valence-electron chi connectivity index (χ0n) is 17.8. The molecule has 2 aromatic heterocycles. The van der Waals surface area contributed by atoms with Gasteiger partial charge in [-0.15, -0.1) is 0 Å². The van der Waals surface area contributed by atoms with E-state index in [1.54, 1.807) is 34.9 Å². The van der Waals surface area contributed by atoms with Gasteiger partial charge in [0.1, 0.15) is 23.8 Å². The Morgan fingerprint density at radius 3 is 2.23 bits per heavy atom. The number of imidazole rings is 1. The third kappa shape index (κ3) is 4.73. The number of nitrogens with zero attached hydrogens (tertiary/aromatic N) is 6. The molecule has 164 valence electrons. The van der Waals surface area contributed by atoms with E-state index in [2.05, 4.69) is 19.9 Å². The molecule has 0 aliphatic carbocycles. The minimum absolute atomic E-state index is 0.0276. The highest BCUT2D eigenvalue weighted by Gasteiger charge is 2.28. The molecule has 0 bridgehead atoms. The molecular weight excluding hydrogens is 436 g/mol. The van der Waals surface area contributed by atoms with E-state index in [-0.39, 0.29) is 5.75 Å². The molecule has 0 amide bonds. The van der Waals surface area contributed by atoms with Gasteiger partial charge in [-0.3, -0.25) is 4.57 Å². The van der Waals surface area contributed by atoms with Crippen LogP contribution in [0.2, 0.25) is 5.02 Å². The quantitative estimate of drug-likeness (QED) is 0.582. The first kappa shape index (κ1) is 21.7. The smallest absolute Gasteiger partial charge is 0.218 e. The summed E-state index contributed by atoms with van der Waals surface area (Å²) in [5.74, 6) is 2.19. The van der Waals surface area contributed by atoms with E-state index >= 15 is 0 Å². The number of aryl methyl sites for hydroxylation is 2. The Morgan fingerprint density at radius 2 is 1.61 bits per heavy atom. The number of rotatable bonds is 5. The molecule has 0 unspecified atom stereocenters. The second-order valence-corrected chi connectivity index (χ2v) is 10.1. The van der Waals surface area contributed by atoms with Crippen molar-refractivity contribution >= 4 is 27.4 Å². The Balaban J connectivity index is 1.47. The lowest BCUT2D eigenvalue weighted by Crippen LogP contribution is -2.49. The summed E-state index contributed by atoms with van der Waals surface area (Å²) in [6.07, 6.45) is 1.76. The van der Waals surface area contributed by atoms with Gasteiger partial charge in [0.05, 0.1) is 11.4 Å². The first-order chi connectivity index (χ1) is 14.7. The number of anilines is 1. The lowest BCUT2D eigenvalue weighted by molar-refractivity contribution is 0.383. The Kier molecular flexibility index (Phi) is 6.00. The van der Waals surface area contributed by atoms with Crippen molar-refractivity contribution in [1.82, 2.24) is 23.8 Å². The fourth-order valence-corrected chi connectivity index (χ4v) is 5.27. The van der Waals surface area contributed by atoms with Crippen LogP contribution in [-0.2, 0) is 15.8 Å². The molecule has 0 spiro atoms. The van der Waals surface area contributed by atoms with E-state index in [0.29, 0.717) is 37.0 Å². The summed E-state index contributed by atoms with van der Waals surface area (Å²) >= 11 is 5.90. The summed E-state index contributed by atoms with van der Waals surface area (Å²) in [6.45, 7) is 7.79. The number of hydrogen-bond acceptors (Lipinski definition) is 6. The molecule has 1 aliphatic heterocycles. The molecular formula is C21H25ClN6O2S. The van der Waals surface area contributed by atoms with E-state index in [1.165, 1.54) is 0 Å². The Morgan fingerprint density at radius 1 is 0.968 bits per heavy atom. The third-order valence-corrected chi connectivity index (χ3v) is 7.63. The van der Waals surface area contributed by atoms with Gasteiger partial charge in [0.2, 0.25) is 10.0 Å². The molecule has 8 nitrogen and oxygen atoms in total. The molecule has 3 aromatic rings. The molecule has 3 heterocycles. The van der Waals surface area contributed by atoms with Crippen molar-refractivity contribution in [2.24, 2.45) is 0 Å². The summed E-state index contributed by atoms with van der Waals surface area (Å²) < 4.78 is 29.2. The predicted molar refractivity (Wildman–Crippen MR) is 121 cm³/mol. The van der Waals surface area contributed by atoms with E-state index in [1.807, 2.05) is 31.4 Å². The summed E-state index contributed by atoms with van der Waals surface area (Å²) in [7, 11) is -3.40. The third-order valence-electron chi connectivity index (χ3n) is 5.53. The summed E-state index contributed by atoms with van der Waals surface area (Å²) in [5, 5.41) is 0.593. The van der Waals surface area contributed by atoms with Crippen molar-refractivity contribution in [3.8, 4) is 5.82 Å².